The van der Waals surface area contributed by atoms with Crippen LogP contribution in [0.2, 0.25) is 0 Å². The molecular formula is C10H20ClNO2. The van der Waals surface area contributed by atoms with E-state index in [9.17, 15) is 5.11 Å². The maximum atomic E-state index is 9.22. The lowest BCUT2D eigenvalue weighted by atomic mass is 10.0. The fourth-order valence-electron chi connectivity index (χ4n) is 1.10. The van der Waals surface area contributed by atoms with Gasteiger partial charge in [0.05, 0.1) is 13.2 Å². The van der Waals surface area contributed by atoms with Crippen molar-refractivity contribution < 1.29 is 9.84 Å². The Hall–Kier alpha value is -0.0900. The molecule has 0 aromatic carbocycles. The molecule has 0 radical (unpaired) electrons. The molecule has 0 aliphatic carbocycles. The first-order valence-corrected chi connectivity index (χ1v) is 5.00. The Morgan fingerprint density at radius 2 is 2.14 bits per heavy atom. The third kappa shape index (κ3) is 4.96. The molecular weight excluding hydrogens is 202 g/mol. The number of rotatable bonds is 7. The van der Waals surface area contributed by atoms with Crippen molar-refractivity contribution in [2.75, 3.05) is 33.4 Å². The van der Waals surface area contributed by atoms with Crippen molar-refractivity contribution in [1.29, 1.82) is 0 Å². The second kappa shape index (κ2) is 6.40. The Morgan fingerprint density at radius 1 is 1.57 bits per heavy atom. The molecule has 0 atom stereocenters. The zero-order chi connectivity index (χ0) is 11.2. The summed E-state index contributed by atoms with van der Waals surface area (Å²) < 4.78 is 5.00. The average Bonchev–Trinajstić information content (AvgIpc) is 2.11. The summed E-state index contributed by atoms with van der Waals surface area (Å²) in [5.41, 5.74) is -0.295. The molecule has 0 spiro atoms. The van der Waals surface area contributed by atoms with Gasteiger partial charge in [0.1, 0.15) is 0 Å². The molecule has 0 unspecified atom stereocenters. The van der Waals surface area contributed by atoms with E-state index in [1.807, 2.05) is 18.7 Å². The van der Waals surface area contributed by atoms with Crippen LogP contribution in [0.5, 0.6) is 0 Å². The van der Waals surface area contributed by atoms with E-state index in [1.165, 1.54) is 0 Å². The highest BCUT2D eigenvalue weighted by Crippen LogP contribution is 2.15. The highest BCUT2D eigenvalue weighted by atomic mass is 35.5. The van der Waals surface area contributed by atoms with E-state index in [4.69, 9.17) is 16.3 Å². The molecule has 0 saturated heterocycles. The number of methoxy groups -OCH3 is 1. The van der Waals surface area contributed by atoms with Crippen molar-refractivity contribution in [2.45, 2.75) is 19.4 Å². The van der Waals surface area contributed by atoms with Gasteiger partial charge >= 0.3 is 0 Å². The molecule has 0 heterocycles. The monoisotopic (exact) mass is 221 g/mol. The second-order valence-electron chi connectivity index (χ2n) is 3.90. The second-order valence-corrected chi connectivity index (χ2v) is 4.44. The van der Waals surface area contributed by atoms with Crippen molar-refractivity contribution in [3.05, 3.63) is 11.6 Å². The number of halogens is 1. The Morgan fingerprint density at radius 3 is 2.50 bits per heavy atom. The lowest BCUT2D eigenvalue weighted by Gasteiger charge is -2.36. The van der Waals surface area contributed by atoms with Crippen LogP contribution in [-0.4, -0.2) is 49.0 Å². The van der Waals surface area contributed by atoms with Crippen LogP contribution in [0.4, 0.5) is 0 Å². The van der Waals surface area contributed by atoms with Gasteiger partial charge in [0, 0.05) is 30.8 Å². The van der Waals surface area contributed by atoms with Crippen LogP contribution >= 0.6 is 11.6 Å². The lowest BCUT2D eigenvalue weighted by molar-refractivity contribution is 0.0438. The van der Waals surface area contributed by atoms with Crippen molar-refractivity contribution in [1.82, 2.24) is 4.90 Å². The number of hydrogen-bond donors (Lipinski definition) is 1. The number of nitrogens with zero attached hydrogens (tertiary/aromatic N) is 1. The van der Waals surface area contributed by atoms with Crippen LogP contribution in [0.3, 0.4) is 0 Å². The number of aliphatic hydroxyl groups is 1. The summed E-state index contributed by atoms with van der Waals surface area (Å²) >= 11 is 5.76. The van der Waals surface area contributed by atoms with Crippen LogP contribution in [0.25, 0.3) is 0 Å². The summed E-state index contributed by atoms with van der Waals surface area (Å²) in [5, 5.41) is 9.79. The molecule has 0 bridgehead atoms. The van der Waals surface area contributed by atoms with Gasteiger partial charge in [0.15, 0.2) is 0 Å². The van der Waals surface area contributed by atoms with E-state index in [2.05, 4.69) is 6.58 Å². The Labute approximate surface area is 91.3 Å². The van der Waals surface area contributed by atoms with Crippen molar-refractivity contribution in [2.24, 2.45) is 0 Å². The number of hydrogen-bond acceptors (Lipinski definition) is 3. The van der Waals surface area contributed by atoms with E-state index in [1.54, 1.807) is 7.11 Å². The van der Waals surface area contributed by atoms with Gasteiger partial charge in [-0.1, -0.05) is 18.2 Å². The summed E-state index contributed by atoms with van der Waals surface area (Å²) in [6.07, 6.45) is 0. The topological polar surface area (TPSA) is 32.7 Å². The van der Waals surface area contributed by atoms with Gasteiger partial charge in [-0.25, -0.2) is 0 Å². The van der Waals surface area contributed by atoms with E-state index in [-0.39, 0.29) is 12.1 Å². The van der Waals surface area contributed by atoms with E-state index in [0.29, 0.717) is 18.2 Å². The number of ether oxygens (including phenoxy) is 1. The molecule has 0 rings (SSSR count). The summed E-state index contributed by atoms with van der Waals surface area (Å²) in [6, 6.07) is 0. The standard InChI is InChI=1S/C10H20ClNO2/c1-9(11)7-12(5-6-14-4)10(2,3)8-13/h13H,1,5-8H2,2-4H3. The highest BCUT2D eigenvalue weighted by Gasteiger charge is 2.25. The van der Waals surface area contributed by atoms with Gasteiger partial charge in [0.25, 0.3) is 0 Å². The Balaban J connectivity index is 4.29. The SMILES string of the molecule is C=C(Cl)CN(CCOC)C(C)(C)CO. The minimum Gasteiger partial charge on any atom is -0.394 e. The first kappa shape index (κ1) is 13.9. The van der Waals surface area contributed by atoms with Gasteiger partial charge in [0.2, 0.25) is 0 Å². The molecule has 4 heteroatoms. The molecule has 0 aromatic rings. The normalized spacial score (nSPS) is 12.1. The fraction of sp³-hybridized carbons (Fsp3) is 0.800. The van der Waals surface area contributed by atoms with Crippen LogP contribution in [-0.2, 0) is 4.74 Å². The summed E-state index contributed by atoms with van der Waals surface area (Å²) in [6.45, 7) is 9.58. The third-order valence-corrected chi connectivity index (χ3v) is 2.29. The lowest BCUT2D eigenvalue weighted by Crippen LogP contribution is -2.48. The summed E-state index contributed by atoms with van der Waals surface area (Å²) in [4.78, 5) is 2.05. The molecule has 0 aliphatic rings. The van der Waals surface area contributed by atoms with E-state index < -0.39 is 0 Å². The average molecular weight is 222 g/mol. The molecule has 0 amide bonds. The quantitative estimate of drug-likeness (QED) is 0.707. The molecule has 84 valence electrons. The smallest absolute Gasteiger partial charge is 0.0610 e. The molecule has 0 aromatic heterocycles. The highest BCUT2D eigenvalue weighted by molar-refractivity contribution is 6.29. The minimum atomic E-state index is -0.295. The maximum absolute atomic E-state index is 9.22. The molecule has 0 aliphatic heterocycles. The largest absolute Gasteiger partial charge is 0.394 e. The summed E-state index contributed by atoms with van der Waals surface area (Å²) in [5.74, 6) is 0. The predicted molar refractivity (Wildman–Crippen MR) is 59.6 cm³/mol. The Kier molecular flexibility index (Phi) is 6.36. The maximum Gasteiger partial charge on any atom is 0.0610 e. The molecule has 1 N–H and O–H groups in total. The van der Waals surface area contributed by atoms with Gasteiger partial charge < -0.3 is 9.84 Å². The number of aliphatic hydroxyl groups excluding tert-OH is 1. The van der Waals surface area contributed by atoms with Crippen LogP contribution < -0.4 is 0 Å². The van der Waals surface area contributed by atoms with Crippen molar-refractivity contribution in [3.8, 4) is 0 Å². The molecule has 0 saturated carbocycles. The third-order valence-electron chi connectivity index (χ3n) is 2.17. The molecule has 14 heavy (non-hydrogen) atoms. The van der Waals surface area contributed by atoms with Gasteiger partial charge in [-0.2, -0.15) is 0 Å². The summed E-state index contributed by atoms with van der Waals surface area (Å²) in [7, 11) is 1.65. The molecule has 0 fully saturated rings. The van der Waals surface area contributed by atoms with Crippen molar-refractivity contribution >= 4 is 11.6 Å². The van der Waals surface area contributed by atoms with Crippen molar-refractivity contribution in [3.63, 3.8) is 0 Å². The van der Waals surface area contributed by atoms with E-state index in [0.717, 1.165) is 6.54 Å². The zero-order valence-corrected chi connectivity index (χ0v) is 9.97. The minimum absolute atomic E-state index is 0.0842. The van der Waals surface area contributed by atoms with Gasteiger partial charge in [-0.3, -0.25) is 4.90 Å². The van der Waals surface area contributed by atoms with Crippen LogP contribution in [0.1, 0.15) is 13.8 Å². The van der Waals surface area contributed by atoms with Gasteiger partial charge in [-0.05, 0) is 13.8 Å². The first-order chi connectivity index (χ1) is 6.44. The van der Waals surface area contributed by atoms with E-state index >= 15 is 0 Å². The first-order valence-electron chi connectivity index (χ1n) is 4.62. The Bertz CT molecular complexity index is 183. The predicted octanol–water partition coefficient (Wildman–Crippen LogP) is 1.46. The van der Waals surface area contributed by atoms with Crippen LogP contribution in [0, 0.1) is 0 Å². The zero-order valence-electron chi connectivity index (χ0n) is 9.22. The van der Waals surface area contributed by atoms with Gasteiger partial charge in [-0.15, -0.1) is 0 Å². The van der Waals surface area contributed by atoms with Crippen LogP contribution in [0.15, 0.2) is 11.6 Å². The fourth-order valence-corrected chi connectivity index (χ4v) is 1.25. The molecule has 3 nitrogen and oxygen atoms in total.